The maximum Gasteiger partial charge on any atom is 0.321 e. The molecule has 2 aliphatic rings. The SMILES string of the molecule is O=C(Nc1cccnc1)N1CCC2(CCCN2S(=O)(=O)c2ccccc2)CC1. The van der Waals surface area contributed by atoms with Crippen molar-refractivity contribution in [3.05, 3.63) is 54.9 Å². The number of rotatable bonds is 3. The average Bonchev–Trinajstić information content (AvgIpc) is 3.14. The number of nitrogens with zero attached hydrogens (tertiary/aromatic N) is 3. The lowest BCUT2D eigenvalue weighted by Gasteiger charge is -2.44. The molecule has 0 bridgehead atoms. The molecule has 3 heterocycles. The molecule has 2 aliphatic heterocycles. The molecule has 0 atom stereocenters. The van der Waals surface area contributed by atoms with E-state index in [2.05, 4.69) is 10.3 Å². The highest BCUT2D eigenvalue weighted by Gasteiger charge is 2.49. The highest BCUT2D eigenvalue weighted by atomic mass is 32.2. The zero-order valence-corrected chi connectivity index (χ0v) is 16.4. The van der Waals surface area contributed by atoms with Gasteiger partial charge >= 0.3 is 6.03 Å². The number of amides is 2. The topological polar surface area (TPSA) is 82.6 Å². The molecule has 8 heteroatoms. The van der Waals surface area contributed by atoms with Gasteiger partial charge < -0.3 is 10.2 Å². The second-order valence-corrected chi connectivity index (χ2v) is 9.24. The average molecular weight is 401 g/mol. The minimum atomic E-state index is -3.53. The van der Waals surface area contributed by atoms with E-state index in [1.54, 1.807) is 58.0 Å². The van der Waals surface area contributed by atoms with Crippen molar-refractivity contribution in [1.82, 2.24) is 14.2 Å². The number of likely N-dealkylation sites (tertiary alicyclic amines) is 1. The van der Waals surface area contributed by atoms with Crippen molar-refractivity contribution in [2.24, 2.45) is 0 Å². The van der Waals surface area contributed by atoms with Crippen LogP contribution in [0.1, 0.15) is 25.7 Å². The highest BCUT2D eigenvalue weighted by molar-refractivity contribution is 7.89. The molecule has 2 fully saturated rings. The Morgan fingerprint density at radius 2 is 1.75 bits per heavy atom. The minimum Gasteiger partial charge on any atom is -0.324 e. The smallest absolute Gasteiger partial charge is 0.321 e. The molecule has 0 radical (unpaired) electrons. The van der Waals surface area contributed by atoms with E-state index in [1.165, 1.54) is 0 Å². The second kappa shape index (κ2) is 7.52. The molecule has 1 N–H and O–H groups in total. The molecule has 1 spiro atoms. The summed E-state index contributed by atoms with van der Waals surface area (Å²) < 4.78 is 28.1. The summed E-state index contributed by atoms with van der Waals surface area (Å²) in [5, 5.41) is 2.85. The van der Waals surface area contributed by atoms with Gasteiger partial charge in [0.05, 0.1) is 16.8 Å². The quantitative estimate of drug-likeness (QED) is 0.859. The van der Waals surface area contributed by atoms with Crippen molar-refractivity contribution in [3.63, 3.8) is 0 Å². The summed E-state index contributed by atoms with van der Waals surface area (Å²) in [6.45, 7) is 1.61. The number of sulfonamides is 1. The van der Waals surface area contributed by atoms with Crippen LogP contribution in [0.3, 0.4) is 0 Å². The fraction of sp³-hybridized carbons (Fsp3) is 0.400. The fourth-order valence-electron chi connectivity index (χ4n) is 4.27. The van der Waals surface area contributed by atoms with Crippen LogP contribution in [0.4, 0.5) is 10.5 Å². The highest BCUT2D eigenvalue weighted by Crippen LogP contribution is 2.41. The van der Waals surface area contributed by atoms with E-state index in [0.29, 0.717) is 43.1 Å². The standard InChI is InChI=1S/C20H24N4O3S/c25-19(22-17-6-4-12-21-16-17)23-14-10-20(11-15-23)9-5-13-24(20)28(26,27)18-7-2-1-3-8-18/h1-4,6-8,12,16H,5,9-11,13-15H2,(H,22,25). The van der Waals surface area contributed by atoms with Crippen LogP contribution in [0.2, 0.25) is 0 Å². The summed E-state index contributed by atoms with van der Waals surface area (Å²) in [7, 11) is -3.53. The predicted octanol–water partition coefficient (Wildman–Crippen LogP) is 2.93. The molecule has 148 valence electrons. The number of carbonyl (C=O) groups is 1. The molecule has 4 rings (SSSR count). The molecule has 0 aliphatic carbocycles. The third kappa shape index (κ3) is 3.49. The van der Waals surface area contributed by atoms with Crippen LogP contribution in [0, 0.1) is 0 Å². The van der Waals surface area contributed by atoms with E-state index in [9.17, 15) is 13.2 Å². The number of pyridine rings is 1. The number of anilines is 1. The maximum absolute atomic E-state index is 13.2. The van der Waals surface area contributed by atoms with Crippen LogP contribution >= 0.6 is 0 Å². The molecule has 0 unspecified atom stereocenters. The van der Waals surface area contributed by atoms with Gasteiger partial charge in [-0.2, -0.15) is 4.31 Å². The summed E-state index contributed by atoms with van der Waals surface area (Å²) in [4.78, 5) is 18.6. The Morgan fingerprint density at radius 3 is 2.43 bits per heavy atom. The van der Waals surface area contributed by atoms with Gasteiger partial charge in [0.1, 0.15) is 0 Å². The Labute approximate surface area is 165 Å². The van der Waals surface area contributed by atoms with Crippen LogP contribution in [-0.4, -0.2) is 53.8 Å². The number of aromatic nitrogens is 1. The number of urea groups is 1. The predicted molar refractivity (Wildman–Crippen MR) is 106 cm³/mol. The van der Waals surface area contributed by atoms with Crippen molar-refractivity contribution in [2.75, 3.05) is 25.0 Å². The van der Waals surface area contributed by atoms with Gasteiger partial charge in [0, 0.05) is 31.4 Å². The van der Waals surface area contributed by atoms with Gasteiger partial charge in [0.2, 0.25) is 10.0 Å². The van der Waals surface area contributed by atoms with E-state index in [1.807, 2.05) is 6.07 Å². The van der Waals surface area contributed by atoms with Gasteiger partial charge in [-0.3, -0.25) is 4.98 Å². The molecular weight excluding hydrogens is 376 g/mol. The van der Waals surface area contributed by atoms with E-state index >= 15 is 0 Å². The first-order chi connectivity index (χ1) is 13.5. The van der Waals surface area contributed by atoms with Crippen molar-refractivity contribution < 1.29 is 13.2 Å². The third-order valence-electron chi connectivity index (χ3n) is 5.76. The van der Waals surface area contributed by atoms with Crippen LogP contribution in [0.25, 0.3) is 0 Å². The van der Waals surface area contributed by atoms with Crippen molar-refractivity contribution in [1.29, 1.82) is 0 Å². The van der Waals surface area contributed by atoms with Crippen LogP contribution in [-0.2, 0) is 10.0 Å². The number of hydrogen-bond acceptors (Lipinski definition) is 4. The number of nitrogens with one attached hydrogen (secondary N) is 1. The maximum atomic E-state index is 13.2. The van der Waals surface area contributed by atoms with Gasteiger partial charge in [-0.1, -0.05) is 18.2 Å². The summed E-state index contributed by atoms with van der Waals surface area (Å²) in [5.41, 5.74) is 0.265. The number of hydrogen-bond donors (Lipinski definition) is 1. The Balaban J connectivity index is 1.46. The summed E-state index contributed by atoms with van der Waals surface area (Å²) in [6, 6.07) is 12.0. The van der Waals surface area contributed by atoms with Gasteiger partial charge in [0.15, 0.2) is 0 Å². The Hall–Kier alpha value is -2.45. The molecule has 2 saturated heterocycles. The zero-order chi connectivity index (χ0) is 19.6. The zero-order valence-electron chi connectivity index (χ0n) is 15.6. The summed E-state index contributed by atoms with van der Waals surface area (Å²) >= 11 is 0. The van der Waals surface area contributed by atoms with Gasteiger partial charge in [-0.15, -0.1) is 0 Å². The third-order valence-corrected chi connectivity index (χ3v) is 7.78. The van der Waals surface area contributed by atoms with E-state index in [4.69, 9.17) is 0 Å². The molecule has 2 aromatic rings. The second-order valence-electron chi connectivity index (χ2n) is 7.38. The number of benzene rings is 1. The molecule has 2 amide bonds. The van der Waals surface area contributed by atoms with Gasteiger partial charge in [0.25, 0.3) is 0 Å². The van der Waals surface area contributed by atoms with Crippen molar-refractivity contribution in [3.8, 4) is 0 Å². The summed E-state index contributed by atoms with van der Waals surface area (Å²) in [5.74, 6) is 0. The Kier molecular flexibility index (Phi) is 5.07. The first-order valence-electron chi connectivity index (χ1n) is 9.55. The van der Waals surface area contributed by atoms with E-state index in [-0.39, 0.29) is 11.6 Å². The van der Waals surface area contributed by atoms with Crippen molar-refractivity contribution in [2.45, 2.75) is 36.1 Å². The van der Waals surface area contributed by atoms with E-state index in [0.717, 1.165) is 12.8 Å². The molecular formula is C20H24N4O3S. The normalized spacial score (nSPS) is 19.6. The molecule has 1 aromatic heterocycles. The molecule has 0 saturated carbocycles. The monoisotopic (exact) mass is 400 g/mol. The lowest BCUT2D eigenvalue weighted by atomic mass is 9.86. The minimum absolute atomic E-state index is 0.168. The Morgan fingerprint density at radius 1 is 1.00 bits per heavy atom. The fourth-order valence-corrected chi connectivity index (χ4v) is 6.18. The molecule has 1 aromatic carbocycles. The Bertz CT molecular complexity index is 926. The van der Waals surface area contributed by atoms with Gasteiger partial charge in [-0.05, 0) is 49.9 Å². The molecule has 7 nitrogen and oxygen atoms in total. The lowest BCUT2D eigenvalue weighted by Crippen LogP contribution is -2.55. The van der Waals surface area contributed by atoms with Crippen molar-refractivity contribution >= 4 is 21.7 Å². The lowest BCUT2D eigenvalue weighted by molar-refractivity contribution is 0.119. The van der Waals surface area contributed by atoms with Gasteiger partial charge in [-0.25, -0.2) is 13.2 Å². The van der Waals surface area contributed by atoms with Crippen LogP contribution < -0.4 is 5.32 Å². The van der Waals surface area contributed by atoms with Crippen LogP contribution in [0.15, 0.2) is 59.8 Å². The number of carbonyl (C=O) groups excluding carboxylic acids is 1. The first-order valence-corrected chi connectivity index (χ1v) is 11.0. The summed E-state index contributed by atoms with van der Waals surface area (Å²) in [6.07, 6.45) is 6.26. The van der Waals surface area contributed by atoms with E-state index < -0.39 is 10.0 Å². The molecule has 28 heavy (non-hydrogen) atoms. The number of piperidine rings is 1. The van der Waals surface area contributed by atoms with Crippen LogP contribution in [0.5, 0.6) is 0 Å². The largest absolute Gasteiger partial charge is 0.324 e. The first kappa shape index (κ1) is 18.9.